The summed E-state index contributed by atoms with van der Waals surface area (Å²) in [6, 6.07) is 0. The molecule has 2 N–H and O–H groups in total. The number of esters is 1. The highest BCUT2D eigenvalue weighted by atomic mass is 32.2. The average Bonchev–Trinajstić information content (AvgIpc) is 2.67. The molecule has 0 aliphatic heterocycles. The van der Waals surface area contributed by atoms with Crippen molar-refractivity contribution >= 4 is 22.1 Å². The molecular weight excluding hydrogens is 410 g/mol. The third kappa shape index (κ3) is 12.3. The fraction of sp³-hybridized carbons (Fsp3) is 0.810. The van der Waals surface area contributed by atoms with Crippen LogP contribution in [0.15, 0.2) is 12.7 Å². The van der Waals surface area contributed by atoms with E-state index in [1.54, 1.807) is 4.90 Å². The molecule has 0 rings (SSSR count). The molecular formula is C21H41NO7S. The van der Waals surface area contributed by atoms with Gasteiger partial charge in [0, 0.05) is 12.4 Å². The number of ether oxygens (including phenoxy) is 1. The van der Waals surface area contributed by atoms with Crippen molar-refractivity contribution in [3.05, 3.63) is 12.7 Å². The number of hydrogen-bond donors (Lipinski definition) is 2. The average molecular weight is 452 g/mol. The Labute approximate surface area is 182 Å². The summed E-state index contributed by atoms with van der Waals surface area (Å²) in [7, 11) is -5.00. The zero-order valence-corrected chi connectivity index (χ0v) is 19.9. The molecule has 0 aliphatic rings. The molecule has 0 saturated heterocycles. The number of carbonyl (C=O) groups is 2. The first-order chi connectivity index (χ1) is 14.1. The van der Waals surface area contributed by atoms with Crippen LogP contribution in [-0.2, 0) is 24.4 Å². The minimum atomic E-state index is -5.00. The molecule has 0 amide bonds. The van der Waals surface area contributed by atoms with E-state index in [1.165, 1.54) is 19.6 Å². The van der Waals surface area contributed by atoms with Crippen molar-refractivity contribution in [1.82, 2.24) is 0 Å². The van der Waals surface area contributed by atoms with Gasteiger partial charge in [-0.25, -0.2) is 0 Å². The van der Waals surface area contributed by atoms with Gasteiger partial charge in [0.1, 0.15) is 0 Å². The Morgan fingerprint density at radius 3 is 1.90 bits per heavy atom. The Kier molecular flexibility index (Phi) is 17.7. The topological polar surface area (TPSA) is 125 Å². The molecule has 30 heavy (non-hydrogen) atoms. The van der Waals surface area contributed by atoms with Crippen LogP contribution in [0, 0.1) is 0 Å². The van der Waals surface area contributed by atoms with E-state index < -0.39 is 39.6 Å². The Hall–Kier alpha value is -1.45. The maximum Gasteiger partial charge on any atom is 0.330 e. The standard InChI is InChI=1S/C15H26O7S.C6H15N/c1-3-5-6-7-8-9-11-22-14(18)15(10-4-2,12-13(16)17)23(19,20)21;1-4-7(5-2)6-3/h4H,2-3,5-12H2,1H3,(H,16,17)(H,19,20,21);4-6H2,1-3H3. The van der Waals surface area contributed by atoms with Crippen LogP contribution in [0.4, 0.5) is 0 Å². The van der Waals surface area contributed by atoms with E-state index in [-0.39, 0.29) is 6.61 Å². The van der Waals surface area contributed by atoms with Crippen LogP contribution >= 0.6 is 0 Å². The lowest BCUT2D eigenvalue weighted by molar-refractivity contribution is -0.894. The molecule has 0 aromatic rings. The minimum Gasteiger partial charge on any atom is -0.550 e. The predicted octanol–water partition coefficient (Wildman–Crippen LogP) is 1.16. The van der Waals surface area contributed by atoms with Crippen LogP contribution < -0.4 is 10.0 Å². The molecule has 1 atom stereocenters. The number of carboxylic acid groups (broad SMARTS) is 1. The third-order valence-electron chi connectivity index (χ3n) is 5.00. The summed E-state index contributed by atoms with van der Waals surface area (Å²) in [5.74, 6) is -3.07. The lowest BCUT2D eigenvalue weighted by atomic mass is 10.0. The van der Waals surface area contributed by atoms with Crippen molar-refractivity contribution in [2.45, 2.75) is 83.8 Å². The van der Waals surface area contributed by atoms with Crippen LogP contribution in [0.2, 0.25) is 0 Å². The van der Waals surface area contributed by atoms with Crippen molar-refractivity contribution in [1.29, 1.82) is 0 Å². The molecule has 0 aromatic heterocycles. The van der Waals surface area contributed by atoms with Crippen molar-refractivity contribution in [3.8, 4) is 0 Å². The Morgan fingerprint density at radius 1 is 1.03 bits per heavy atom. The van der Waals surface area contributed by atoms with E-state index in [2.05, 4.69) is 34.3 Å². The first kappa shape index (κ1) is 30.7. The van der Waals surface area contributed by atoms with Crippen LogP contribution in [0.5, 0.6) is 0 Å². The Balaban J connectivity index is 0. The van der Waals surface area contributed by atoms with Gasteiger partial charge >= 0.3 is 5.97 Å². The molecule has 0 aliphatic carbocycles. The van der Waals surface area contributed by atoms with Gasteiger partial charge in [-0.1, -0.05) is 45.1 Å². The van der Waals surface area contributed by atoms with Gasteiger partial charge in [-0.2, -0.15) is 8.42 Å². The van der Waals surface area contributed by atoms with E-state index in [1.807, 2.05) is 0 Å². The fourth-order valence-electron chi connectivity index (χ4n) is 2.92. The fourth-order valence-corrected chi connectivity index (χ4v) is 3.82. The maximum absolute atomic E-state index is 12.1. The van der Waals surface area contributed by atoms with E-state index in [4.69, 9.17) is 4.74 Å². The number of nitrogens with one attached hydrogen (secondary N) is 1. The molecule has 9 heteroatoms. The summed E-state index contributed by atoms with van der Waals surface area (Å²) < 4.78 is 34.7. The Morgan fingerprint density at radius 2 is 1.53 bits per heavy atom. The van der Waals surface area contributed by atoms with E-state index >= 15 is 0 Å². The summed E-state index contributed by atoms with van der Waals surface area (Å²) >= 11 is 0. The Bertz CT molecular complexity index is 583. The number of carbonyl (C=O) groups excluding carboxylic acids is 2. The molecule has 0 fully saturated rings. The summed E-state index contributed by atoms with van der Waals surface area (Å²) in [4.78, 5) is 24.5. The molecule has 0 bridgehead atoms. The predicted molar refractivity (Wildman–Crippen MR) is 116 cm³/mol. The van der Waals surface area contributed by atoms with E-state index in [0.717, 1.165) is 38.2 Å². The van der Waals surface area contributed by atoms with Gasteiger partial charge in [0.25, 0.3) is 10.1 Å². The monoisotopic (exact) mass is 451 g/mol. The molecule has 0 heterocycles. The third-order valence-corrected chi connectivity index (χ3v) is 6.47. The summed E-state index contributed by atoms with van der Waals surface area (Å²) in [5, 5.41) is 10.8. The second kappa shape index (κ2) is 17.3. The quantitative estimate of drug-likeness (QED) is 0.156. The van der Waals surface area contributed by atoms with Gasteiger partial charge < -0.3 is 19.5 Å². The lowest BCUT2D eigenvalue weighted by Gasteiger charge is -2.27. The highest BCUT2D eigenvalue weighted by molar-refractivity contribution is 7.88. The van der Waals surface area contributed by atoms with Gasteiger partial charge in [0.15, 0.2) is 0 Å². The number of unbranched alkanes of at least 4 members (excludes halogenated alkanes) is 5. The first-order valence-electron chi connectivity index (χ1n) is 10.8. The van der Waals surface area contributed by atoms with Gasteiger partial charge in [-0.05, 0) is 33.6 Å². The number of carboxylic acids is 1. The first-order valence-corrected chi connectivity index (χ1v) is 12.3. The molecule has 1 unspecified atom stereocenters. The highest BCUT2D eigenvalue weighted by Crippen LogP contribution is 2.28. The van der Waals surface area contributed by atoms with Crippen molar-refractivity contribution < 1.29 is 37.3 Å². The number of allylic oxidation sites excluding steroid dienone is 1. The molecule has 0 saturated carbocycles. The highest BCUT2D eigenvalue weighted by Gasteiger charge is 2.50. The molecule has 0 radical (unpaired) electrons. The molecule has 0 spiro atoms. The SMILES string of the molecule is C=CCC(CC(=O)[O-])(C(=O)OCCCCCCCC)S(=O)(=O)O.CC[NH+](CC)CC. The zero-order valence-electron chi connectivity index (χ0n) is 19.1. The molecule has 178 valence electrons. The van der Waals surface area contributed by atoms with Crippen LogP contribution in [0.25, 0.3) is 0 Å². The van der Waals surface area contributed by atoms with E-state index in [9.17, 15) is 27.7 Å². The van der Waals surface area contributed by atoms with Crippen molar-refractivity contribution in [3.63, 3.8) is 0 Å². The van der Waals surface area contributed by atoms with E-state index in [0.29, 0.717) is 6.42 Å². The minimum absolute atomic E-state index is 0.0353. The summed E-state index contributed by atoms with van der Waals surface area (Å²) in [6.45, 7) is 15.8. The van der Waals surface area contributed by atoms with Crippen LogP contribution in [0.1, 0.15) is 79.1 Å². The number of rotatable bonds is 16. The number of quaternary nitrogens is 1. The summed E-state index contributed by atoms with van der Waals surface area (Å²) in [6.07, 6.45) is 4.91. The van der Waals surface area contributed by atoms with Gasteiger partial charge in [-0.3, -0.25) is 9.35 Å². The van der Waals surface area contributed by atoms with Crippen molar-refractivity contribution in [2.75, 3.05) is 26.2 Å². The van der Waals surface area contributed by atoms with Crippen LogP contribution in [0.3, 0.4) is 0 Å². The molecule has 8 nitrogen and oxygen atoms in total. The largest absolute Gasteiger partial charge is 0.550 e. The number of aliphatic carboxylic acids is 1. The lowest BCUT2D eigenvalue weighted by Crippen LogP contribution is -3.11. The normalized spacial score (nSPS) is 13.1. The van der Waals surface area contributed by atoms with Crippen molar-refractivity contribution in [2.24, 2.45) is 0 Å². The summed E-state index contributed by atoms with van der Waals surface area (Å²) in [5.41, 5.74) is 0. The second-order valence-corrected chi connectivity index (χ2v) is 8.96. The van der Waals surface area contributed by atoms with Gasteiger partial charge in [0.2, 0.25) is 4.75 Å². The van der Waals surface area contributed by atoms with Gasteiger partial charge in [0.05, 0.1) is 26.2 Å². The van der Waals surface area contributed by atoms with Crippen LogP contribution in [-0.4, -0.2) is 55.9 Å². The van der Waals surface area contributed by atoms with Gasteiger partial charge in [-0.15, -0.1) is 6.58 Å². The smallest absolute Gasteiger partial charge is 0.330 e. The number of hydrogen-bond acceptors (Lipinski definition) is 6. The zero-order chi connectivity index (χ0) is 23.6. The molecule has 0 aromatic carbocycles. The second-order valence-electron chi connectivity index (χ2n) is 7.23. The maximum atomic E-state index is 12.1.